The minimum absolute atomic E-state index is 0.00643. The number of aliphatic hydroxyl groups excluding tert-OH is 1. The van der Waals surface area contributed by atoms with E-state index in [2.05, 4.69) is 10.2 Å². The highest BCUT2D eigenvalue weighted by Gasteiger charge is 2.32. The number of carbonyl (C=O) groups is 3. The summed E-state index contributed by atoms with van der Waals surface area (Å²) in [5.41, 5.74) is 3.41. The molecule has 0 radical (unpaired) electrons. The average molecular weight is 609 g/mol. The summed E-state index contributed by atoms with van der Waals surface area (Å²) in [6.45, 7) is 10.0. The van der Waals surface area contributed by atoms with Crippen molar-refractivity contribution < 1.29 is 34.1 Å². The zero-order chi connectivity index (χ0) is 32.2. The standard InChI is InChI=1S/C33H44N4O7/c1-6-43-28-16-21-18-37(31(34)23(21)17-24(28)32(42)35-5)19-27(39)20-14-25(33(2,3)4)30(44-13-7-8-29(40)41)26(15-20)36-11-9-22(38)10-12-36/h14-17,22,34,38H,6-13,18-19H2,1-5H3,(H,35,42)(H,40,41). The third kappa shape index (κ3) is 7.32. The third-order valence-corrected chi connectivity index (χ3v) is 8.03. The molecule has 2 aromatic rings. The van der Waals surface area contributed by atoms with Gasteiger partial charge in [-0.25, -0.2) is 0 Å². The molecule has 4 rings (SSSR count). The monoisotopic (exact) mass is 608 g/mol. The second kappa shape index (κ2) is 13.7. The fourth-order valence-corrected chi connectivity index (χ4v) is 5.64. The Labute approximate surface area is 258 Å². The van der Waals surface area contributed by atoms with Gasteiger partial charge in [0.05, 0.1) is 37.1 Å². The molecule has 11 nitrogen and oxygen atoms in total. The number of Topliss-reactive ketones (excluding diaryl/α,β-unsaturated/α-hetero) is 1. The Kier molecular flexibility index (Phi) is 10.2. The molecule has 2 heterocycles. The minimum atomic E-state index is -0.885. The minimum Gasteiger partial charge on any atom is -0.493 e. The third-order valence-electron chi connectivity index (χ3n) is 8.03. The van der Waals surface area contributed by atoms with Gasteiger partial charge in [-0.2, -0.15) is 0 Å². The van der Waals surface area contributed by atoms with E-state index in [9.17, 15) is 19.5 Å². The average Bonchev–Trinajstić information content (AvgIpc) is 3.27. The van der Waals surface area contributed by atoms with Crippen molar-refractivity contribution in [2.24, 2.45) is 0 Å². The highest BCUT2D eigenvalue weighted by Crippen LogP contribution is 2.42. The summed E-state index contributed by atoms with van der Waals surface area (Å²) in [6.07, 6.45) is 1.14. The molecule has 2 aliphatic heterocycles. The van der Waals surface area contributed by atoms with Crippen molar-refractivity contribution in [3.8, 4) is 11.5 Å². The first-order chi connectivity index (χ1) is 20.8. The van der Waals surface area contributed by atoms with Crippen LogP contribution in [0, 0.1) is 5.41 Å². The quantitative estimate of drug-likeness (QED) is 0.207. The smallest absolute Gasteiger partial charge is 0.303 e. The summed E-state index contributed by atoms with van der Waals surface area (Å²) in [5, 5.41) is 30.7. The number of rotatable bonds is 12. The Morgan fingerprint density at radius 1 is 1.09 bits per heavy atom. The molecule has 0 atom stereocenters. The largest absolute Gasteiger partial charge is 0.493 e. The van der Waals surface area contributed by atoms with Gasteiger partial charge >= 0.3 is 5.97 Å². The van der Waals surface area contributed by atoms with Crippen molar-refractivity contribution in [3.05, 3.63) is 52.1 Å². The van der Waals surface area contributed by atoms with Crippen LogP contribution in [0.4, 0.5) is 5.69 Å². The summed E-state index contributed by atoms with van der Waals surface area (Å²) in [6, 6.07) is 7.11. The summed E-state index contributed by atoms with van der Waals surface area (Å²) in [4.78, 5) is 41.3. The maximum atomic E-state index is 13.9. The maximum absolute atomic E-state index is 13.9. The normalized spacial score (nSPS) is 15.3. The Morgan fingerprint density at radius 3 is 2.41 bits per heavy atom. The zero-order valence-electron chi connectivity index (χ0n) is 26.3. The molecule has 1 fully saturated rings. The van der Waals surface area contributed by atoms with Crippen molar-refractivity contribution >= 4 is 29.2 Å². The molecule has 2 aliphatic rings. The number of aliphatic carboxylic acids is 1. The van der Waals surface area contributed by atoms with E-state index in [1.54, 1.807) is 24.1 Å². The van der Waals surface area contributed by atoms with E-state index in [1.807, 2.05) is 39.8 Å². The number of amidine groups is 1. The molecular weight excluding hydrogens is 564 g/mol. The van der Waals surface area contributed by atoms with E-state index in [1.165, 1.54) is 0 Å². The number of hydrogen-bond donors (Lipinski definition) is 4. The van der Waals surface area contributed by atoms with Crippen LogP contribution in [0.15, 0.2) is 24.3 Å². The van der Waals surface area contributed by atoms with Crippen LogP contribution in [0.25, 0.3) is 0 Å². The number of piperidine rings is 1. The molecule has 1 saturated heterocycles. The fourth-order valence-electron chi connectivity index (χ4n) is 5.64. The molecule has 0 aromatic heterocycles. The van der Waals surface area contributed by atoms with Gasteiger partial charge < -0.3 is 34.8 Å². The molecular formula is C33H44N4O7. The molecule has 0 bridgehead atoms. The van der Waals surface area contributed by atoms with Gasteiger partial charge in [0, 0.05) is 49.8 Å². The zero-order valence-corrected chi connectivity index (χ0v) is 26.3. The number of anilines is 1. The van der Waals surface area contributed by atoms with E-state index in [0.717, 1.165) is 16.8 Å². The first-order valence-corrected chi connectivity index (χ1v) is 15.2. The van der Waals surface area contributed by atoms with Gasteiger partial charge in [-0.3, -0.25) is 19.8 Å². The van der Waals surface area contributed by atoms with Gasteiger partial charge in [0.25, 0.3) is 5.91 Å². The first-order valence-electron chi connectivity index (χ1n) is 15.2. The van der Waals surface area contributed by atoms with Gasteiger partial charge in [0.2, 0.25) is 0 Å². The number of fused-ring (bicyclic) bond motifs is 1. The second-order valence-corrected chi connectivity index (χ2v) is 12.3. The summed E-state index contributed by atoms with van der Waals surface area (Å²) in [7, 11) is 1.54. The molecule has 11 heteroatoms. The SMILES string of the molecule is CCOc1cc2c(cc1C(=O)NC)C(=N)N(CC(=O)c1cc(N3CCC(O)CC3)c(OCCCC(=O)O)c(C(C)(C)C)c1)C2. The highest BCUT2D eigenvalue weighted by molar-refractivity contribution is 6.08. The van der Waals surface area contributed by atoms with Gasteiger partial charge in [-0.15, -0.1) is 0 Å². The highest BCUT2D eigenvalue weighted by atomic mass is 16.5. The molecule has 0 spiro atoms. The number of ketones is 1. The number of amides is 1. The van der Waals surface area contributed by atoms with Gasteiger partial charge in [0.15, 0.2) is 5.78 Å². The first kappa shape index (κ1) is 32.8. The van der Waals surface area contributed by atoms with Crippen molar-refractivity contribution in [1.29, 1.82) is 5.41 Å². The van der Waals surface area contributed by atoms with Crippen LogP contribution in [0.5, 0.6) is 11.5 Å². The van der Waals surface area contributed by atoms with Crippen LogP contribution in [-0.2, 0) is 16.8 Å². The van der Waals surface area contributed by atoms with Crippen LogP contribution < -0.4 is 19.7 Å². The Hall–Kier alpha value is -4.12. The predicted octanol–water partition coefficient (Wildman–Crippen LogP) is 3.97. The van der Waals surface area contributed by atoms with E-state index >= 15 is 0 Å². The number of carboxylic acids is 1. The van der Waals surface area contributed by atoms with E-state index in [4.69, 9.17) is 20.0 Å². The number of nitrogens with one attached hydrogen (secondary N) is 2. The summed E-state index contributed by atoms with van der Waals surface area (Å²) < 4.78 is 12.0. The van der Waals surface area contributed by atoms with Crippen molar-refractivity contribution in [3.63, 3.8) is 0 Å². The lowest BCUT2D eigenvalue weighted by Gasteiger charge is -2.35. The molecule has 0 aliphatic carbocycles. The van der Waals surface area contributed by atoms with Crippen LogP contribution >= 0.6 is 0 Å². The maximum Gasteiger partial charge on any atom is 0.303 e. The lowest BCUT2D eigenvalue weighted by molar-refractivity contribution is -0.137. The number of hydrogen-bond acceptors (Lipinski definition) is 8. The number of ether oxygens (including phenoxy) is 2. The Morgan fingerprint density at radius 2 is 1.80 bits per heavy atom. The molecule has 1 amide bonds. The molecule has 2 aromatic carbocycles. The summed E-state index contributed by atoms with van der Waals surface area (Å²) >= 11 is 0. The van der Waals surface area contributed by atoms with Crippen LogP contribution in [-0.4, -0.2) is 84.6 Å². The molecule has 238 valence electrons. The van der Waals surface area contributed by atoms with Gasteiger partial charge in [-0.1, -0.05) is 20.8 Å². The van der Waals surface area contributed by atoms with E-state index in [-0.39, 0.29) is 43.2 Å². The Bertz CT molecular complexity index is 1420. The lowest BCUT2D eigenvalue weighted by atomic mass is 9.84. The molecule has 44 heavy (non-hydrogen) atoms. The lowest BCUT2D eigenvalue weighted by Crippen LogP contribution is -2.36. The fraction of sp³-hybridized carbons (Fsp3) is 0.515. The summed E-state index contributed by atoms with van der Waals surface area (Å²) in [5.74, 6) is -0.124. The molecule has 0 saturated carbocycles. The van der Waals surface area contributed by atoms with Gasteiger partial charge in [-0.05, 0) is 61.4 Å². The van der Waals surface area contributed by atoms with Crippen molar-refractivity contribution in [2.45, 2.75) is 71.4 Å². The van der Waals surface area contributed by atoms with Crippen LogP contribution in [0.3, 0.4) is 0 Å². The number of carboxylic acid groups (broad SMARTS) is 1. The number of aliphatic hydroxyl groups is 1. The van der Waals surface area contributed by atoms with Crippen LogP contribution in [0.1, 0.15) is 90.8 Å². The van der Waals surface area contributed by atoms with Crippen molar-refractivity contribution in [2.75, 3.05) is 44.8 Å². The number of benzene rings is 2. The van der Waals surface area contributed by atoms with E-state index in [0.29, 0.717) is 73.7 Å². The van der Waals surface area contributed by atoms with Crippen LogP contribution in [0.2, 0.25) is 0 Å². The molecule has 0 unspecified atom stereocenters. The van der Waals surface area contributed by atoms with Crippen molar-refractivity contribution in [1.82, 2.24) is 10.2 Å². The number of nitrogens with zero attached hydrogens (tertiary/aromatic N) is 2. The second-order valence-electron chi connectivity index (χ2n) is 12.3. The molecule has 4 N–H and O–H groups in total. The Balaban J connectivity index is 1.66. The van der Waals surface area contributed by atoms with Gasteiger partial charge in [0.1, 0.15) is 17.3 Å². The predicted molar refractivity (Wildman–Crippen MR) is 168 cm³/mol. The van der Waals surface area contributed by atoms with E-state index < -0.39 is 11.4 Å². The topological polar surface area (TPSA) is 152 Å². The number of carbonyl (C=O) groups excluding carboxylic acids is 2.